The first kappa shape index (κ1) is 21.5. The van der Waals surface area contributed by atoms with Crippen molar-refractivity contribution in [3.63, 3.8) is 0 Å². The van der Waals surface area contributed by atoms with Crippen molar-refractivity contribution in [3.8, 4) is 5.75 Å². The van der Waals surface area contributed by atoms with Crippen LogP contribution in [-0.2, 0) is 12.2 Å². The second-order valence-electron chi connectivity index (χ2n) is 7.86. The van der Waals surface area contributed by atoms with E-state index in [4.69, 9.17) is 10.5 Å². The number of para-hydroxylation sites is 1. The minimum Gasteiger partial charge on any atom is -0.488 e. The number of carbonyl (C=O) groups excluding carboxylic acids is 2. The zero-order valence-corrected chi connectivity index (χ0v) is 17.3. The first-order chi connectivity index (χ1) is 15.4. The molecule has 0 aromatic heterocycles. The number of hydrogen-bond donors (Lipinski definition) is 2. The van der Waals surface area contributed by atoms with E-state index in [0.29, 0.717) is 29.8 Å². The van der Waals surface area contributed by atoms with Crippen LogP contribution < -0.4 is 10.5 Å². The molecule has 0 aliphatic carbocycles. The zero-order valence-electron chi connectivity index (χ0n) is 17.3. The zero-order chi connectivity index (χ0) is 22.7. The van der Waals surface area contributed by atoms with Crippen molar-refractivity contribution in [1.29, 1.82) is 0 Å². The average Bonchev–Trinajstić information content (AvgIpc) is 3.21. The molecule has 0 spiro atoms. The number of likely N-dealkylation sites (tertiary alicyclic amines) is 1. The fourth-order valence-corrected chi connectivity index (χ4v) is 3.90. The van der Waals surface area contributed by atoms with Crippen molar-refractivity contribution < 1.29 is 23.8 Å². The smallest absolute Gasteiger partial charge is 0.253 e. The molecule has 6 nitrogen and oxygen atoms in total. The van der Waals surface area contributed by atoms with Crippen LogP contribution in [0.4, 0.5) is 4.39 Å². The molecule has 3 aromatic carbocycles. The number of ether oxygens (including phenoxy) is 1. The molecule has 3 aromatic rings. The van der Waals surface area contributed by atoms with Gasteiger partial charge in [-0.15, -0.1) is 0 Å². The summed E-state index contributed by atoms with van der Waals surface area (Å²) in [5, 5.41) is 11.0. The number of rotatable bonds is 6. The Hall–Kier alpha value is -3.71. The lowest BCUT2D eigenvalue weighted by Crippen LogP contribution is -2.34. The lowest BCUT2D eigenvalue weighted by molar-refractivity contribution is 0.0417. The molecule has 0 bridgehead atoms. The Morgan fingerprint density at radius 3 is 2.56 bits per heavy atom. The van der Waals surface area contributed by atoms with Crippen LogP contribution in [0.25, 0.3) is 0 Å². The van der Waals surface area contributed by atoms with Gasteiger partial charge < -0.3 is 20.5 Å². The Balaban J connectivity index is 1.45. The molecule has 1 unspecified atom stereocenters. The van der Waals surface area contributed by atoms with Gasteiger partial charge in [-0.2, -0.15) is 0 Å². The molecule has 1 atom stereocenters. The highest BCUT2D eigenvalue weighted by Gasteiger charge is 2.39. The molecule has 0 radical (unpaired) electrons. The van der Waals surface area contributed by atoms with Gasteiger partial charge in [0, 0.05) is 12.1 Å². The van der Waals surface area contributed by atoms with E-state index in [1.165, 1.54) is 12.1 Å². The minimum absolute atomic E-state index is 0.129. The van der Waals surface area contributed by atoms with Crippen LogP contribution in [0, 0.1) is 5.82 Å². The molecular weight excluding hydrogens is 411 g/mol. The fraction of sp³-hybridized carbons (Fsp3) is 0.200. The SMILES string of the molecule is NC(=O)c1ccccc1OCc1cccc(C(=O)N2CCC(O)(c3ccc(F)cc3)C2)c1. The predicted octanol–water partition coefficient (Wildman–Crippen LogP) is 3.24. The molecule has 4 rings (SSSR count). The number of hydrogen-bond acceptors (Lipinski definition) is 4. The van der Waals surface area contributed by atoms with Crippen molar-refractivity contribution in [1.82, 2.24) is 4.90 Å². The van der Waals surface area contributed by atoms with Crippen molar-refractivity contribution in [2.24, 2.45) is 5.73 Å². The van der Waals surface area contributed by atoms with Crippen LogP contribution in [0.5, 0.6) is 5.75 Å². The van der Waals surface area contributed by atoms with Crippen LogP contribution in [0.2, 0.25) is 0 Å². The maximum Gasteiger partial charge on any atom is 0.253 e. The number of aliphatic hydroxyl groups is 1. The van der Waals surface area contributed by atoms with Crippen LogP contribution in [0.15, 0.2) is 72.8 Å². The van der Waals surface area contributed by atoms with Gasteiger partial charge in [0.2, 0.25) is 0 Å². The van der Waals surface area contributed by atoms with Gasteiger partial charge in [-0.1, -0.05) is 36.4 Å². The minimum atomic E-state index is -1.21. The highest BCUT2D eigenvalue weighted by Crippen LogP contribution is 2.33. The Bertz CT molecular complexity index is 1150. The van der Waals surface area contributed by atoms with Gasteiger partial charge in [0.05, 0.1) is 12.1 Å². The average molecular weight is 434 g/mol. The van der Waals surface area contributed by atoms with E-state index in [0.717, 1.165) is 5.56 Å². The van der Waals surface area contributed by atoms with E-state index < -0.39 is 11.5 Å². The molecule has 32 heavy (non-hydrogen) atoms. The second kappa shape index (κ2) is 8.80. The monoisotopic (exact) mass is 434 g/mol. The quantitative estimate of drug-likeness (QED) is 0.623. The Kier molecular flexibility index (Phi) is 5.92. The molecule has 1 aliphatic heterocycles. The van der Waals surface area contributed by atoms with Crippen LogP contribution in [0.1, 0.15) is 38.3 Å². The van der Waals surface area contributed by atoms with Crippen molar-refractivity contribution in [2.45, 2.75) is 18.6 Å². The summed E-state index contributed by atoms with van der Waals surface area (Å²) in [6, 6.07) is 19.4. The first-order valence-corrected chi connectivity index (χ1v) is 10.2. The molecule has 1 aliphatic rings. The molecule has 3 N–H and O–H groups in total. The van der Waals surface area contributed by atoms with E-state index in [1.54, 1.807) is 59.5 Å². The van der Waals surface area contributed by atoms with Gasteiger partial charge in [-0.05, 0) is 53.9 Å². The largest absolute Gasteiger partial charge is 0.488 e. The Morgan fingerprint density at radius 1 is 1.06 bits per heavy atom. The number of carbonyl (C=O) groups is 2. The van der Waals surface area contributed by atoms with E-state index >= 15 is 0 Å². The van der Waals surface area contributed by atoms with Gasteiger partial charge in [-0.25, -0.2) is 4.39 Å². The van der Waals surface area contributed by atoms with Crippen molar-refractivity contribution in [2.75, 3.05) is 13.1 Å². The topological polar surface area (TPSA) is 92.9 Å². The van der Waals surface area contributed by atoms with E-state index in [1.807, 2.05) is 6.07 Å². The summed E-state index contributed by atoms with van der Waals surface area (Å²) in [6.45, 7) is 0.675. The van der Waals surface area contributed by atoms with E-state index in [2.05, 4.69) is 0 Å². The number of β-amino-alcohol motifs (C(OH)–C–C–N with tert-alkyl or cyclic N) is 1. The lowest BCUT2D eigenvalue weighted by atomic mass is 9.93. The summed E-state index contributed by atoms with van der Waals surface area (Å²) in [5.41, 5.74) is 6.27. The lowest BCUT2D eigenvalue weighted by Gasteiger charge is -2.24. The van der Waals surface area contributed by atoms with Crippen LogP contribution in [-0.4, -0.2) is 34.9 Å². The number of amides is 2. The fourth-order valence-electron chi connectivity index (χ4n) is 3.90. The third-order valence-corrected chi connectivity index (χ3v) is 5.64. The highest BCUT2D eigenvalue weighted by atomic mass is 19.1. The molecule has 0 saturated carbocycles. The van der Waals surface area contributed by atoms with E-state index in [9.17, 15) is 19.1 Å². The summed E-state index contributed by atoms with van der Waals surface area (Å²) in [7, 11) is 0. The van der Waals surface area contributed by atoms with Gasteiger partial charge in [0.15, 0.2) is 0 Å². The maximum absolute atomic E-state index is 13.2. The van der Waals surface area contributed by atoms with Crippen molar-refractivity contribution in [3.05, 3.63) is 101 Å². The highest BCUT2D eigenvalue weighted by molar-refractivity contribution is 5.95. The molecule has 7 heteroatoms. The van der Waals surface area contributed by atoms with Crippen molar-refractivity contribution >= 4 is 11.8 Å². The molecule has 1 saturated heterocycles. The molecule has 1 heterocycles. The normalized spacial score (nSPS) is 17.9. The first-order valence-electron chi connectivity index (χ1n) is 10.2. The molecule has 2 amide bonds. The van der Waals surface area contributed by atoms with Crippen LogP contribution in [0.3, 0.4) is 0 Å². The number of nitrogens with two attached hydrogens (primary N) is 1. The van der Waals surface area contributed by atoms with Gasteiger partial charge in [-0.3, -0.25) is 9.59 Å². The third-order valence-electron chi connectivity index (χ3n) is 5.64. The molecule has 164 valence electrons. The Morgan fingerprint density at radius 2 is 1.81 bits per heavy atom. The summed E-state index contributed by atoms with van der Waals surface area (Å²) in [5.74, 6) is -0.781. The summed E-state index contributed by atoms with van der Waals surface area (Å²) < 4.78 is 19.0. The van der Waals surface area contributed by atoms with E-state index in [-0.39, 0.29) is 30.4 Å². The summed E-state index contributed by atoms with van der Waals surface area (Å²) in [6.07, 6.45) is 0.372. The molecule has 1 fully saturated rings. The summed E-state index contributed by atoms with van der Waals surface area (Å²) >= 11 is 0. The number of benzene rings is 3. The predicted molar refractivity (Wildman–Crippen MR) is 117 cm³/mol. The number of halogens is 1. The number of primary amides is 1. The standard InChI is InChI=1S/C25H23FN2O4/c26-20-10-8-19(9-11-20)25(31)12-13-28(16-25)24(30)18-5-3-4-17(14-18)15-32-22-7-2-1-6-21(22)23(27)29/h1-11,14,31H,12-13,15-16H2,(H2,27,29). The second-order valence-corrected chi connectivity index (χ2v) is 7.86. The number of nitrogens with zero attached hydrogens (tertiary/aromatic N) is 1. The van der Waals surface area contributed by atoms with Gasteiger partial charge in [0.1, 0.15) is 23.8 Å². The van der Waals surface area contributed by atoms with Crippen LogP contribution >= 0.6 is 0 Å². The van der Waals surface area contributed by atoms with Gasteiger partial charge >= 0.3 is 0 Å². The Labute approximate surface area is 185 Å². The summed E-state index contributed by atoms with van der Waals surface area (Å²) in [4.78, 5) is 26.2. The maximum atomic E-state index is 13.2. The molecular formula is C25H23FN2O4. The third kappa shape index (κ3) is 4.48. The van der Waals surface area contributed by atoms with Gasteiger partial charge in [0.25, 0.3) is 11.8 Å².